The Labute approximate surface area is 164 Å². The van der Waals surface area contributed by atoms with Crippen molar-refractivity contribution in [2.75, 3.05) is 18.4 Å². The number of benzene rings is 1. The Kier molecular flexibility index (Phi) is 7.28. The number of furan rings is 1. The second-order valence-corrected chi connectivity index (χ2v) is 7.75. The second-order valence-electron chi connectivity index (χ2n) is 5.41. The molecule has 1 aromatic heterocycles. The molecule has 9 heteroatoms. The zero-order valence-corrected chi connectivity index (χ0v) is 16.6. The summed E-state index contributed by atoms with van der Waals surface area (Å²) in [5.74, 6) is 0.138. The van der Waals surface area contributed by atoms with Gasteiger partial charge in [-0.2, -0.15) is 4.31 Å². The number of sulfonamides is 1. The average Bonchev–Trinajstić information content (AvgIpc) is 3.14. The highest BCUT2D eigenvalue weighted by Crippen LogP contribution is 2.18. The van der Waals surface area contributed by atoms with Crippen LogP contribution in [0.4, 0.5) is 5.69 Å². The summed E-state index contributed by atoms with van der Waals surface area (Å²) >= 11 is 5.09. The Balaban J connectivity index is 1.95. The monoisotopic (exact) mass is 407 g/mol. The summed E-state index contributed by atoms with van der Waals surface area (Å²) in [4.78, 5) is 12.0. The van der Waals surface area contributed by atoms with Crippen LogP contribution in [0.2, 0.25) is 0 Å². The molecule has 0 saturated heterocycles. The van der Waals surface area contributed by atoms with Crippen LogP contribution >= 0.6 is 12.2 Å². The van der Waals surface area contributed by atoms with Gasteiger partial charge in [-0.1, -0.05) is 13.8 Å². The fourth-order valence-electron chi connectivity index (χ4n) is 2.28. The molecule has 2 aromatic rings. The molecule has 0 aliphatic carbocycles. The van der Waals surface area contributed by atoms with E-state index in [9.17, 15) is 13.2 Å². The van der Waals surface area contributed by atoms with Crippen molar-refractivity contribution >= 4 is 45.0 Å². The van der Waals surface area contributed by atoms with Crippen LogP contribution in [-0.2, 0) is 14.8 Å². The number of nitrogens with one attached hydrogen (secondary N) is 2. The van der Waals surface area contributed by atoms with E-state index in [0.29, 0.717) is 24.5 Å². The van der Waals surface area contributed by atoms with Gasteiger partial charge in [0.15, 0.2) is 5.11 Å². The van der Waals surface area contributed by atoms with E-state index in [4.69, 9.17) is 16.6 Å². The molecule has 7 nitrogen and oxygen atoms in total. The number of rotatable bonds is 7. The number of thiocarbonyl (C=S) groups is 1. The summed E-state index contributed by atoms with van der Waals surface area (Å²) in [5, 5.41) is 5.43. The van der Waals surface area contributed by atoms with Crippen molar-refractivity contribution in [2.45, 2.75) is 18.7 Å². The molecule has 0 aliphatic rings. The molecule has 0 atom stereocenters. The van der Waals surface area contributed by atoms with Gasteiger partial charge in [0.25, 0.3) is 0 Å². The number of hydrogen-bond acceptors (Lipinski definition) is 5. The summed E-state index contributed by atoms with van der Waals surface area (Å²) in [7, 11) is -3.51. The lowest BCUT2D eigenvalue weighted by molar-refractivity contribution is -0.115. The third kappa shape index (κ3) is 5.75. The molecular weight excluding hydrogens is 386 g/mol. The summed E-state index contributed by atoms with van der Waals surface area (Å²) in [6.45, 7) is 4.39. The molecule has 2 N–H and O–H groups in total. The Morgan fingerprint density at radius 3 is 2.41 bits per heavy atom. The van der Waals surface area contributed by atoms with Crippen molar-refractivity contribution in [3.63, 3.8) is 0 Å². The van der Waals surface area contributed by atoms with Gasteiger partial charge in [0.05, 0.1) is 11.2 Å². The van der Waals surface area contributed by atoms with Crippen LogP contribution in [0.15, 0.2) is 58.1 Å². The second kappa shape index (κ2) is 9.45. The third-order valence-corrected chi connectivity index (χ3v) is 5.90. The lowest BCUT2D eigenvalue weighted by Crippen LogP contribution is -2.33. The van der Waals surface area contributed by atoms with Gasteiger partial charge >= 0.3 is 0 Å². The zero-order valence-electron chi connectivity index (χ0n) is 15.0. The molecule has 0 radical (unpaired) electrons. The molecule has 1 amide bonds. The zero-order chi connectivity index (χ0) is 19.9. The lowest BCUT2D eigenvalue weighted by Gasteiger charge is -2.18. The largest absolute Gasteiger partial charge is 0.465 e. The first-order valence-electron chi connectivity index (χ1n) is 8.30. The fourth-order valence-corrected chi connectivity index (χ4v) is 3.96. The fraction of sp³-hybridized carbons (Fsp3) is 0.222. The number of anilines is 1. The minimum atomic E-state index is -3.51. The molecule has 144 valence electrons. The third-order valence-electron chi connectivity index (χ3n) is 3.63. The quantitative estimate of drug-likeness (QED) is 0.542. The van der Waals surface area contributed by atoms with E-state index in [2.05, 4.69) is 10.6 Å². The predicted molar refractivity (Wildman–Crippen MR) is 109 cm³/mol. The van der Waals surface area contributed by atoms with E-state index in [0.717, 1.165) is 0 Å². The molecular formula is C18H21N3O4S2. The molecule has 27 heavy (non-hydrogen) atoms. The molecule has 1 heterocycles. The number of carbonyl (C=O) groups is 1. The first-order valence-corrected chi connectivity index (χ1v) is 10.2. The Morgan fingerprint density at radius 2 is 1.85 bits per heavy atom. The van der Waals surface area contributed by atoms with Gasteiger partial charge in [0.2, 0.25) is 15.9 Å². The van der Waals surface area contributed by atoms with E-state index in [1.165, 1.54) is 34.9 Å². The molecule has 1 aromatic carbocycles. The number of hydrogen-bond donors (Lipinski definition) is 2. The number of amides is 1. The van der Waals surface area contributed by atoms with Crippen molar-refractivity contribution in [2.24, 2.45) is 0 Å². The summed E-state index contributed by atoms with van der Waals surface area (Å²) < 4.78 is 31.4. The van der Waals surface area contributed by atoms with Crippen molar-refractivity contribution in [1.29, 1.82) is 0 Å². The first kappa shape index (κ1) is 20.8. The smallest absolute Gasteiger partial charge is 0.250 e. The Hall–Kier alpha value is -2.49. The lowest BCUT2D eigenvalue weighted by atomic mass is 10.3. The Bertz CT molecular complexity index is 901. The van der Waals surface area contributed by atoms with Gasteiger partial charge < -0.3 is 9.73 Å². The molecule has 0 aliphatic heterocycles. The van der Waals surface area contributed by atoms with Gasteiger partial charge in [0, 0.05) is 24.9 Å². The maximum Gasteiger partial charge on any atom is 0.250 e. The minimum Gasteiger partial charge on any atom is -0.465 e. The highest BCUT2D eigenvalue weighted by molar-refractivity contribution is 7.89. The normalized spacial score (nSPS) is 11.7. The Morgan fingerprint density at radius 1 is 1.19 bits per heavy atom. The van der Waals surface area contributed by atoms with Crippen molar-refractivity contribution < 1.29 is 17.6 Å². The average molecular weight is 408 g/mol. The van der Waals surface area contributed by atoms with Gasteiger partial charge in [0.1, 0.15) is 5.76 Å². The van der Waals surface area contributed by atoms with Gasteiger partial charge in [-0.25, -0.2) is 8.42 Å². The van der Waals surface area contributed by atoms with Crippen LogP contribution < -0.4 is 10.6 Å². The van der Waals surface area contributed by atoms with E-state index < -0.39 is 15.9 Å². The molecule has 0 bridgehead atoms. The van der Waals surface area contributed by atoms with Crippen LogP contribution in [0.5, 0.6) is 0 Å². The highest BCUT2D eigenvalue weighted by atomic mass is 32.2. The SMILES string of the molecule is CCN(CC)S(=O)(=O)c1ccc(NC(=S)NC(=O)C=Cc2ccco2)cc1. The van der Waals surface area contributed by atoms with Crippen LogP contribution in [0, 0.1) is 0 Å². The van der Waals surface area contributed by atoms with Gasteiger partial charge in [-0.05, 0) is 54.7 Å². The standard InChI is InChI=1S/C18H21N3O4S2/c1-3-21(4-2)27(23,24)16-10-7-14(8-11-16)19-18(26)20-17(22)12-9-15-6-5-13-25-15/h5-13H,3-4H2,1-2H3,(H2,19,20,22,26). The maximum absolute atomic E-state index is 12.5. The summed E-state index contributed by atoms with van der Waals surface area (Å²) in [6.07, 6.45) is 4.32. The van der Waals surface area contributed by atoms with Gasteiger partial charge in [-0.15, -0.1) is 0 Å². The molecule has 0 fully saturated rings. The predicted octanol–water partition coefficient (Wildman–Crippen LogP) is 2.84. The topological polar surface area (TPSA) is 91.7 Å². The number of carbonyl (C=O) groups excluding carboxylic acids is 1. The van der Waals surface area contributed by atoms with Crippen molar-refractivity contribution in [1.82, 2.24) is 9.62 Å². The van der Waals surface area contributed by atoms with E-state index in [1.807, 2.05) is 0 Å². The minimum absolute atomic E-state index is 0.100. The highest BCUT2D eigenvalue weighted by Gasteiger charge is 2.21. The van der Waals surface area contributed by atoms with Crippen LogP contribution in [0.25, 0.3) is 6.08 Å². The van der Waals surface area contributed by atoms with E-state index >= 15 is 0 Å². The molecule has 0 spiro atoms. The van der Waals surface area contributed by atoms with E-state index in [-0.39, 0.29) is 10.0 Å². The van der Waals surface area contributed by atoms with Crippen LogP contribution in [0.3, 0.4) is 0 Å². The van der Waals surface area contributed by atoms with E-state index in [1.54, 1.807) is 38.1 Å². The van der Waals surface area contributed by atoms with Crippen molar-refractivity contribution in [3.05, 3.63) is 54.5 Å². The summed E-state index contributed by atoms with van der Waals surface area (Å²) in [6, 6.07) is 9.61. The van der Waals surface area contributed by atoms with Crippen LogP contribution in [-0.4, -0.2) is 36.8 Å². The van der Waals surface area contributed by atoms with Crippen LogP contribution in [0.1, 0.15) is 19.6 Å². The first-order chi connectivity index (χ1) is 12.9. The molecule has 2 rings (SSSR count). The van der Waals surface area contributed by atoms with Gasteiger partial charge in [-0.3, -0.25) is 10.1 Å². The van der Waals surface area contributed by atoms with Crippen molar-refractivity contribution in [3.8, 4) is 0 Å². The molecule has 0 saturated carbocycles. The summed E-state index contributed by atoms with van der Waals surface area (Å²) in [5.41, 5.74) is 0.564. The molecule has 0 unspecified atom stereocenters. The number of nitrogens with zero attached hydrogens (tertiary/aromatic N) is 1. The maximum atomic E-state index is 12.5.